The first-order chi connectivity index (χ1) is 12.7. The molecular formula is C21H29N3O2. The van der Waals surface area contributed by atoms with Crippen LogP contribution in [0.4, 0.5) is 0 Å². The van der Waals surface area contributed by atoms with Crippen LogP contribution in [0, 0.1) is 12.8 Å². The molecule has 26 heavy (non-hydrogen) atoms. The summed E-state index contributed by atoms with van der Waals surface area (Å²) in [7, 11) is 0. The zero-order valence-electron chi connectivity index (χ0n) is 15.9. The molecule has 0 bridgehead atoms. The smallest absolute Gasteiger partial charge is 0.233 e. The molecule has 2 aromatic rings. The summed E-state index contributed by atoms with van der Waals surface area (Å²) in [5.74, 6) is 2.04. The highest BCUT2D eigenvalue weighted by Gasteiger charge is 2.31. The van der Waals surface area contributed by atoms with Crippen molar-refractivity contribution in [2.24, 2.45) is 5.92 Å². The molecule has 1 saturated carbocycles. The van der Waals surface area contributed by atoms with Gasteiger partial charge in [-0.2, -0.15) is 0 Å². The lowest BCUT2D eigenvalue weighted by Gasteiger charge is -2.36. The highest BCUT2D eigenvalue weighted by molar-refractivity contribution is 5.30. The van der Waals surface area contributed by atoms with Crippen molar-refractivity contribution in [3.05, 3.63) is 47.2 Å². The molecule has 0 N–H and O–H groups in total. The highest BCUT2D eigenvalue weighted by atomic mass is 16.5. The Kier molecular flexibility index (Phi) is 5.36. The van der Waals surface area contributed by atoms with Crippen molar-refractivity contribution in [1.29, 1.82) is 0 Å². The third-order valence-electron chi connectivity index (χ3n) is 5.92. The number of hydrogen-bond donors (Lipinski definition) is 0. The van der Waals surface area contributed by atoms with Crippen molar-refractivity contribution in [3.8, 4) is 0 Å². The van der Waals surface area contributed by atoms with Gasteiger partial charge in [-0.15, -0.1) is 10.2 Å². The summed E-state index contributed by atoms with van der Waals surface area (Å²) < 4.78 is 12.0. The first-order valence-electron chi connectivity index (χ1n) is 9.93. The van der Waals surface area contributed by atoms with Gasteiger partial charge in [0.15, 0.2) is 0 Å². The third-order valence-corrected chi connectivity index (χ3v) is 5.92. The van der Waals surface area contributed by atoms with Gasteiger partial charge in [-0.3, -0.25) is 4.90 Å². The van der Waals surface area contributed by atoms with Crippen molar-refractivity contribution in [2.45, 2.75) is 64.6 Å². The van der Waals surface area contributed by atoms with Gasteiger partial charge in [0.25, 0.3) is 0 Å². The Balaban J connectivity index is 1.45. The zero-order chi connectivity index (χ0) is 17.9. The molecule has 0 saturated heterocycles. The molecule has 1 aliphatic carbocycles. The molecular weight excluding hydrogens is 326 g/mol. The van der Waals surface area contributed by atoms with Crippen LogP contribution in [0.15, 0.2) is 28.7 Å². The van der Waals surface area contributed by atoms with E-state index < -0.39 is 0 Å². The second-order valence-electron chi connectivity index (χ2n) is 7.79. The Labute approximate surface area is 155 Å². The topological polar surface area (TPSA) is 51.4 Å². The van der Waals surface area contributed by atoms with E-state index in [0.29, 0.717) is 17.9 Å². The maximum absolute atomic E-state index is 6.27. The minimum Gasteiger partial charge on any atom is -0.424 e. The van der Waals surface area contributed by atoms with Crippen LogP contribution in [0.25, 0.3) is 0 Å². The normalized spacial score (nSPS) is 26.6. The van der Waals surface area contributed by atoms with Crippen molar-refractivity contribution in [3.63, 3.8) is 0 Å². The van der Waals surface area contributed by atoms with Crippen LogP contribution in [0.3, 0.4) is 0 Å². The lowest BCUT2D eigenvalue weighted by atomic mass is 9.88. The molecule has 4 rings (SSSR count). The number of fused-ring (bicyclic) bond motifs is 1. The molecule has 1 aromatic carbocycles. The van der Waals surface area contributed by atoms with Gasteiger partial charge in [0.2, 0.25) is 11.8 Å². The summed E-state index contributed by atoms with van der Waals surface area (Å²) in [6.07, 6.45) is 6.49. The van der Waals surface area contributed by atoms with E-state index in [1.54, 1.807) is 0 Å². The minimum absolute atomic E-state index is 0.137. The van der Waals surface area contributed by atoms with E-state index in [1.807, 2.05) is 6.92 Å². The lowest BCUT2D eigenvalue weighted by molar-refractivity contribution is -0.0216. The number of aryl methyl sites for hydroxylation is 1. The van der Waals surface area contributed by atoms with E-state index in [2.05, 4.69) is 46.3 Å². The average molecular weight is 355 g/mol. The summed E-state index contributed by atoms with van der Waals surface area (Å²) in [6.45, 7) is 6.74. The molecule has 0 amide bonds. The Hall–Kier alpha value is -1.72. The standard InChI is InChI=1S/C21H29N3O2/c1-15-7-3-6-10-20(15)25-12-11-24-14-18-9-5-4-8-17(18)13-19(24)21-23-22-16(2)26-21/h4-5,8-9,15,19-20H,3,6-7,10-14H2,1-2H3/t15-,19-,20+/m0/s1. The Morgan fingerprint density at radius 1 is 1.15 bits per heavy atom. The van der Waals surface area contributed by atoms with Crippen LogP contribution in [-0.2, 0) is 17.7 Å². The molecule has 1 aliphatic heterocycles. The van der Waals surface area contributed by atoms with Gasteiger partial charge in [-0.1, -0.05) is 44.0 Å². The van der Waals surface area contributed by atoms with Crippen molar-refractivity contribution >= 4 is 0 Å². The molecule has 0 unspecified atom stereocenters. The summed E-state index contributed by atoms with van der Waals surface area (Å²) in [4.78, 5) is 2.43. The first kappa shape index (κ1) is 17.7. The fraction of sp³-hybridized carbons (Fsp3) is 0.619. The Morgan fingerprint density at radius 3 is 2.73 bits per heavy atom. The van der Waals surface area contributed by atoms with Crippen LogP contribution in [0.2, 0.25) is 0 Å². The van der Waals surface area contributed by atoms with E-state index in [9.17, 15) is 0 Å². The van der Waals surface area contributed by atoms with Gasteiger partial charge in [0.1, 0.15) is 0 Å². The third kappa shape index (κ3) is 3.84. The molecule has 2 aliphatic rings. The zero-order valence-corrected chi connectivity index (χ0v) is 15.9. The SMILES string of the molecule is Cc1nnc([C@@H]2Cc3ccccc3CN2CCO[C@@H]2CCCC[C@@H]2C)o1. The maximum atomic E-state index is 6.27. The van der Waals surface area contributed by atoms with Crippen molar-refractivity contribution in [2.75, 3.05) is 13.2 Å². The van der Waals surface area contributed by atoms with Gasteiger partial charge in [0, 0.05) is 20.0 Å². The van der Waals surface area contributed by atoms with Gasteiger partial charge >= 0.3 is 0 Å². The van der Waals surface area contributed by atoms with Crippen molar-refractivity contribution in [1.82, 2.24) is 15.1 Å². The largest absolute Gasteiger partial charge is 0.424 e. The van der Waals surface area contributed by atoms with Crippen LogP contribution >= 0.6 is 0 Å². The Bertz CT molecular complexity index is 730. The molecule has 1 aromatic heterocycles. The molecule has 140 valence electrons. The monoisotopic (exact) mass is 355 g/mol. The molecule has 1 fully saturated rings. The summed E-state index contributed by atoms with van der Waals surface area (Å²) in [5, 5.41) is 8.34. The summed E-state index contributed by atoms with van der Waals surface area (Å²) >= 11 is 0. The Morgan fingerprint density at radius 2 is 1.96 bits per heavy atom. The maximum Gasteiger partial charge on any atom is 0.233 e. The fourth-order valence-electron chi connectivity index (χ4n) is 4.35. The predicted molar refractivity (Wildman–Crippen MR) is 99.7 cm³/mol. The lowest BCUT2D eigenvalue weighted by Crippen LogP contribution is -2.38. The van der Waals surface area contributed by atoms with Gasteiger partial charge in [-0.25, -0.2) is 0 Å². The van der Waals surface area contributed by atoms with Crippen LogP contribution in [-0.4, -0.2) is 34.4 Å². The predicted octanol–water partition coefficient (Wildman–Crippen LogP) is 4.07. The molecule has 2 heterocycles. The van der Waals surface area contributed by atoms with E-state index in [0.717, 1.165) is 32.0 Å². The summed E-state index contributed by atoms with van der Waals surface area (Å²) in [6, 6.07) is 8.80. The molecule has 3 atom stereocenters. The molecule has 0 spiro atoms. The fourth-order valence-corrected chi connectivity index (χ4v) is 4.35. The number of rotatable bonds is 5. The van der Waals surface area contributed by atoms with Crippen LogP contribution in [0.5, 0.6) is 0 Å². The molecule has 5 nitrogen and oxygen atoms in total. The van der Waals surface area contributed by atoms with E-state index in [1.165, 1.54) is 36.8 Å². The average Bonchev–Trinajstić information content (AvgIpc) is 3.09. The minimum atomic E-state index is 0.137. The van der Waals surface area contributed by atoms with Crippen LogP contribution < -0.4 is 0 Å². The number of benzene rings is 1. The highest BCUT2D eigenvalue weighted by Crippen LogP contribution is 2.33. The van der Waals surface area contributed by atoms with Crippen LogP contribution in [0.1, 0.15) is 61.6 Å². The van der Waals surface area contributed by atoms with E-state index in [-0.39, 0.29) is 6.04 Å². The second kappa shape index (κ2) is 7.89. The number of nitrogens with zero attached hydrogens (tertiary/aromatic N) is 3. The number of ether oxygens (including phenoxy) is 1. The first-order valence-corrected chi connectivity index (χ1v) is 9.93. The number of hydrogen-bond acceptors (Lipinski definition) is 5. The quantitative estimate of drug-likeness (QED) is 0.809. The van der Waals surface area contributed by atoms with Gasteiger partial charge in [0.05, 0.1) is 18.8 Å². The van der Waals surface area contributed by atoms with E-state index >= 15 is 0 Å². The van der Waals surface area contributed by atoms with Gasteiger partial charge < -0.3 is 9.15 Å². The molecule has 5 heteroatoms. The van der Waals surface area contributed by atoms with Crippen molar-refractivity contribution < 1.29 is 9.15 Å². The number of aromatic nitrogens is 2. The second-order valence-corrected chi connectivity index (χ2v) is 7.79. The summed E-state index contributed by atoms with van der Waals surface area (Å²) in [5.41, 5.74) is 2.78. The molecule has 0 radical (unpaired) electrons. The van der Waals surface area contributed by atoms with E-state index in [4.69, 9.17) is 9.15 Å². The van der Waals surface area contributed by atoms with Gasteiger partial charge in [-0.05, 0) is 36.3 Å².